The van der Waals surface area contributed by atoms with E-state index in [1.807, 2.05) is 6.92 Å². The van der Waals surface area contributed by atoms with Crippen LogP contribution in [0.3, 0.4) is 0 Å². The van der Waals surface area contributed by atoms with Gasteiger partial charge in [-0.2, -0.15) is 5.10 Å². The van der Waals surface area contributed by atoms with Gasteiger partial charge in [0.25, 0.3) is 0 Å². The highest BCUT2D eigenvalue weighted by atomic mass is 19.1. The van der Waals surface area contributed by atoms with E-state index in [-0.39, 0.29) is 5.82 Å². The first-order chi connectivity index (χ1) is 10.6. The fraction of sp³-hybridized carbons (Fsp3) is 0.125. The van der Waals surface area contributed by atoms with E-state index in [0.717, 1.165) is 5.69 Å². The third kappa shape index (κ3) is 2.76. The number of hydrogen-bond acceptors (Lipinski definition) is 4. The molecule has 3 aromatic rings. The summed E-state index contributed by atoms with van der Waals surface area (Å²) in [6.07, 6.45) is 4.63. The summed E-state index contributed by atoms with van der Waals surface area (Å²) in [7, 11) is 0. The lowest BCUT2D eigenvalue weighted by Crippen LogP contribution is -2.10. The number of nitrogen functional groups attached to an aromatic ring is 1. The van der Waals surface area contributed by atoms with Crippen LogP contribution >= 0.6 is 0 Å². The third-order valence-electron chi connectivity index (χ3n) is 3.28. The summed E-state index contributed by atoms with van der Waals surface area (Å²) in [6.45, 7) is 1.83. The molecule has 6 heteroatoms. The van der Waals surface area contributed by atoms with Crippen LogP contribution in [0, 0.1) is 5.82 Å². The standard InChI is InChI=1S/C16H15FN4O/c1-11(22-15-4-2-7-19-16(15)18)13-10-12(17)5-6-14(13)21-9-3-8-20-21/h2-11H,1H3,(H2,18,19)/t11-/m0/s1. The summed E-state index contributed by atoms with van der Waals surface area (Å²) in [6, 6.07) is 9.77. The first-order valence-corrected chi connectivity index (χ1v) is 6.82. The summed E-state index contributed by atoms with van der Waals surface area (Å²) in [5, 5.41) is 4.19. The second-order valence-corrected chi connectivity index (χ2v) is 4.80. The number of aromatic nitrogens is 3. The van der Waals surface area contributed by atoms with Gasteiger partial charge in [-0.1, -0.05) is 0 Å². The van der Waals surface area contributed by atoms with Crippen molar-refractivity contribution in [1.29, 1.82) is 0 Å². The van der Waals surface area contributed by atoms with E-state index in [1.165, 1.54) is 12.1 Å². The molecule has 0 fully saturated rings. The van der Waals surface area contributed by atoms with Crippen molar-refractivity contribution in [3.05, 3.63) is 66.4 Å². The van der Waals surface area contributed by atoms with Gasteiger partial charge in [-0.3, -0.25) is 0 Å². The van der Waals surface area contributed by atoms with Crippen LogP contribution in [0.5, 0.6) is 5.75 Å². The van der Waals surface area contributed by atoms with Crippen LogP contribution in [0.1, 0.15) is 18.6 Å². The summed E-state index contributed by atoms with van der Waals surface area (Å²) < 4.78 is 21.1. The van der Waals surface area contributed by atoms with E-state index in [1.54, 1.807) is 47.5 Å². The first-order valence-electron chi connectivity index (χ1n) is 6.82. The van der Waals surface area contributed by atoms with E-state index in [0.29, 0.717) is 17.1 Å². The maximum Gasteiger partial charge on any atom is 0.166 e. The quantitative estimate of drug-likeness (QED) is 0.803. The van der Waals surface area contributed by atoms with Crippen molar-refractivity contribution in [3.63, 3.8) is 0 Å². The fourth-order valence-corrected chi connectivity index (χ4v) is 2.23. The molecule has 0 radical (unpaired) electrons. The zero-order valence-electron chi connectivity index (χ0n) is 12.0. The molecule has 2 N–H and O–H groups in total. The van der Waals surface area contributed by atoms with Gasteiger partial charge in [-0.25, -0.2) is 14.1 Å². The number of ether oxygens (including phenoxy) is 1. The molecule has 0 saturated carbocycles. The van der Waals surface area contributed by atoms with E-state index in [4.69, 9.17) is 10.5 Å². The lowest BCUT2D eigenvalue weighted by Gasteiger charge is -2.19. The van der Waals surface area contributed by atoms with Crippen LogP contribution in [0.2, 0.25) is 0 Å². The Kier molecular flexibility index (Phi) is 3.74. The van der Waals surface area contributed by atoms with E-state index in [2.05, 4.69) is 10.1 Å². The largest absolute Gasteiger partial charge is 0.482 e. The molecule has 112 valence electrons. The van der Waals surface area contributed by atoms with Gasteiger partial charge in [0.1, 0.15) is 11.9 Å². The third-order valence-corrected chi connectivity index (χ3v) is 3.28. The van der Waals surface area contributed by atoms with Gasteiger partial charge in [0.2, 0.25) is 0 Å². The molecule has 0 spiro atoms. The molecular weight excluding hydrogens is 283 g/mol. The number of hydrogen-bond donors (Lipinski definition) is 1. The molecule has 2 aromatic heterocycles. The molecule has 0 saturated heterocycles. The number of anilines is 1. The Bertz CT molecular complexity index is 774. The maximum atomic E-state index is 13.6. The van der Waals surface area contributed by atoms with Gasteiger partial charge < -0.3 is 10.5 Å². The van der Waals surface area contributed by atoms with Crippen molar-refractivity contribution in [2.75, 3.05) is 5.73 Å². The molecule has 0 amide bonds. The van der Waals surface area contributed by atoms with Crippen LogP contribution in [0.4, 0.5) is 10.2 Å². The Balaban J connectivity index is 1.97. The summed E-state index contributed by atoms with van der Waals surface area (Å²) >= 11 is 0. The molecule has 2 heterocycles. The number of halogens is 1. The Labute approximate surface area is 127 Å². The van der Waals surface area contributed by atoms with Crippen molar-refractivity contribution in [3.8, 4) is 11.4 Å². The van der Waals surface area contributed by atoms with Crippen molar-refractivity contribution in [1.82, 2.24) is 14.8 Å². The first kappa shape index (κ1) is 14.1. The lowest BCUT2D eigenvalue weighted by atomic mass is 10.1. The monoisotopic (exact) mass is 298 g/mol. The molecule has 0 unspecified atom stereocenters. The van der Waals surface area contributed by atoms with Crippen LogP contribution in [0.25, 0.3) is 5.69 Å². The molecular formula is C16H15FN4O. The average Bonchev–Trinajstić information content (AvgIpc) is 3.03. The minimum absolute atomic E-state index is 0.298. The van der Waals surface area contributed by atoms with Gasteiger partial charge in [0.05, 0.1) is 5.69 Å². The highest BCUT2D eigenvalue weighted by Gasteiger charge is 2.16. The van der Waals surface area contributed by atoms with Crippen molar-refractivity contribution in [2.24, 2.45) is 0 Å². The van der Waals surface area contributed by atoms with Gasteiger partial charge in [0, 0.05) is 24.2 Å². The molecule has 3 rings (SSSR count). The molecule has 5 nitrogen and oxygen atoms in total. The Morgan fingerprint density at radius 2 is 2.09 bits per heavy atom. The second kappa shape index (κ2) is 5.85. The van der Waals surface area contributed by atoms with Crippen LogP contribution in [-0.4, -0.2) is 14.8 Å². The van der Waals surface area contributed by atoms with Crippen molar-refractivity contribution < 1.29 is 9.13 Å². The summed E-state index contributed by atoms with van der Waals surface area (Å²) in [5.41, 5.74) is 7.21. The maximum absolute atomic E-state index is 13.6. The SMILES string of the molecule is C[C@H](Oc1cccnc1N)c1cc(F)ccc1-n1cccn1. The zero-order valence-corrected chi connectivity index (χ0v) is 12.0. The summed E-state index contributed by atoms with van der Waals surface area (Å²) in [5.74, 6) is 0.428. The number of nitrogens with zero attached hydrogens (tertiary/aromatic N) is 3. The molecule has 0 bridgehead atoms. The van der Waals surface area contributed by atoms with E-state index in [9.17, 15) is 4.39 Å². The van der Waals surface area contributed by atoms with Gasteiger partial charge in [0.15, 0.2) is 11.6 Å². The van der Waals surface area contributed by atoms with E-state index < -0.39 is 6.10 Å². The van der Waals surface area contributed by atoms with Crippen molar-refractivity contribution >= 4 is 5.82 Å². The number of benzene rings is 1. The molecule has 0 aliphatic heterocycles. The zero-order chi connectivity index (χ0) is 15.5. The van der Waals surface area contributed by atoms with Crippen molar-refractivity contribution in [2.45, 2.75) is 13.0 Å². The molecule has 1 atom stereocenters. The highest BCUT2D eigenvalue weighted by Crippen LogP contribution is 2.29. The minimum atomic E-state index is -0.415. The number of rotatable bonds is 4. The molecule has 0 aliphatic carbocycles. The molecule has 22 heavy (non-hydrogen) atoms. The van der Waals surface area contributed by atoms with E-state index >= 15 is 0 Å². The predicted molar refractivity (Wildman–Crippen MR) is 81.2 cm³/mol. The van der Waals surface area contributed by atoms with Gasteiger partial charge >= 0.3 is 0 Å². The van der Waals surface area contributed by atoms with Gasteiger partial charge in [-0.05, 0) is 43.3 Å². The van der Waals surface area contributed by atoms with Gasteiger partial charge in [-0.15, -0.1) is 0 Å². The molecule has 0 aliphatic rings. The Hall–Kier alpha value is -2.89. The molecule has 1 aromatic carbocycles. The number of pyridine rings is 1. The minimum Gasteiger partial charge on any atom is -0.482 e. The summed E-state index contributed by atoms with van der Waals surface area (Å²) in [4.78, 5) is 3.98. The number of nitrogens with two attached hydrogens (primary N) is 1. The normalized spacial score (nSPS) is 12.1. The van der Waals surface area contributed by atoms with Crippen LogP contribution in [0.15, 0.2) is 55.0 Å². The smallest absolute Gasteiger partial charge is 0.166 e. The fourth-order valence-electron chi connectivity index (χ4n) is 2.23. The second-order valence-electron chi connectivity index (χ2n) is 4.80. The average molecular weight is 298 g/mol. The highest BCUT2D eigenvalue weighted by molar-refractivity contribution is 5.47. The topological polar surface area (TPSA) is 66.0 Å². The lowest BCUT2D eigenvalue weighted by molar-refractivity contribution is 0.226. The Morgan fingerprint density at radius 1 is 1.23 bits per heavy atom. The Morgan fingerprint density at radius 3 is 2.82 bits per heavy atom. The van der Waals surface area contributed by atoms with Crippen LogP contribution in [-0.2, 0) is 0 Å². The van der Waals surface area contributed by atoms with Crippen LogP contribution < -0.4 is 10.5 Å². The predicted octanol–water partition coefficient (Wildman–Crippen LogP) is 3.13.